The number of phenols is 2. The summed E-state index contributed by atoms with van der Waals surface area (Å²) in [5.41, 5.74) is 9.06. The molecule has 8 heteroatoms. The molecular formula is C56H62N2O6. The number of fused-ring (bicyclic) bond motifs is 8. The van der Waals surface area contributed by atoms with E-state index in [0.717, 1.165) is 44.5 Å². The van der Waals surface area contributed by atoms with Crippen LogP contribution in [0.4, 0.5) is 0 Å². The topological polar surface area (TPSA) is 119 Å². The molecule has 0 fully saturated rings. The van der Waals surface area contributed by atoms with E-state index in [0.29, 0.717) is 44.9 Å². The van der Waals surface area contributed by atoms with Crippen LogP contribution in [-0.4, -0.2) is 32.1 Å². The van der Waals surface area contributed by atoms with Crippen molar-refractivity contribution >= 4 is 11.9 Å². The molecule has 0 spiro atoms. The van der Waals surface area contributed by atoms with Crippen LogP contribution < -0.4 is 9.47 Å². The first kappa shape index (κ1) is 45.7. The molecule has 8 bridgehead atoms. The number of ether oxygens (including phenoxy) is 2. The van der Waals surface area contributed by atoms with Gasteiger partial charge in [-0.15, -0.1) is 0 Å². The number of benzene rings is 4. The zero-order valence-electron chi connectivity index (χ0n) is 39.5. The van der Waals surface area contributed by atoms with Gasteiger partial charge in [0.1, 0.15) is 23.0 Å². The molecule has 8 nitrogen and oxygen atoms in total. The highest BCUT2D eigenvalue weighted by molar-refractivity contribution is 5.92. The number of rotatable bonds is 4. The van der Waals surface area contributed by atoms with E-state index in [1.54, 1.807) is 49.1 Å². The van der Waals surface area contributed by atoms with Crippen LogP contribution in [0.25, 0.3) is 0 Å². The van der Waals surface area contributed by atoms with Crippen molar-refractivity contribution < 1.29 is 29.3 Å². The second kappa shape index (κ2) is 17.0. The third kappa shape index (κ3) is 9.91. The molecular weight excluding hydrogens is 797 g/mol. The van der Waals surface area contributed by atoms with Gasteiger partial charge in [0, 0.05) is 72.7 Å². The molecule has 0 saturated carbocycles. The Hall–Kier alpha value is -6.28. The second-order valence-electron chi connectivity index (χ2n) is 21.5. The molecule has 7 rings (SSSR count). The molecule has 6 aromatic rings. The number of esters is 2. The van der Waals surface area contributed by atoms with Crippen LogP contribution in [0, 0.1) is 0 Å². The number of pyridine rings is 2. The Morgan fingerprint density at radius 1 is 0.406 bits per heavy atom. The lowest BCUT2D eigenvalue weighted by Gasteiger charge is -2.28. The maximum absolute atomic E-state index is 14.1. The van der Waals surface area contributed by atoms with Gasteiger partial charge < -0.3 is 19.7 Å². The SMILES string of the molecule is CC(C)(C)c1cc2c(O)c(c1)Cc1cc(C(C)(C)C)cc(c1OC(=O)c1ccncc1)Cc1cc(C(C)(C)C)cc(c1O)Cc1cc(C(C)(C)C)cc(c1OC(=O)c1ccncc1)C2. The van der Waals surface area contributed by atoms with Crippen LogP contribution in [0.15, 0.2) is 97.6 Å². The fraction of sp³-hybridized carbons (Fsp3) is 0.357. The Kier molecular flexibility index (Phi) is 12.2. The molecule has 4 aromatic carbocycles. The predicted octanol–water partition coefficient (Wildman–Crippen LogP) is 12.2. The van der Waals surface area contributed by atoms with Crippen molar-refractivity contribution in [2.75, 3.05) is 0 Å². The van der Waals surface area contributed by atoms with Crippen LogP contribution in [0.5, 0.6) is 23.0 Å². The van der Waals surface area contributed by atoms with Gasteiger partial charge in [0.05, 0.1) is 11.1 Å². The van der Waals surface area contributed by atoms with E-state index in [9.17, 15) is 19.8 Å². The number of carbonyl (C=O) groups excluding carboxylic acids is 2. The normalized spacial score (nSPS) is 13.3. The number of aromatic nitrogens is 2. The molecule has 0 saturated heterocycles. The zero-order chi connectivity index (χ0) is 46.5. The molecule has 0 atom stereocenters. The van der Waals surface area contributed by atoms with Crippen LogP contribution in [0.2, 0.25) is 0 Å². The van der Waals surface area contributed by atoms with Crippen LogP contribution in [0.1, 0.15) is 171 Å². The minimum Gasteiger partial charge on any atom is -0.507 e. The summed E-state index contributed by atoms with van der Waals surface area (Å²) in [4.78, 5) is 36.3. The van der Waals surface area contributed by atoms with Gasteiger partial charge in [-0.1, -0.05) is 132 Å². The lowest BCUT2D eigenvalue weighted by atomic mass is 9.79. The third-order valence-electron chi connectivity index (χ3n) is 12.2. The quantitative estimate of drug-likeness (QED) is 0.133. The molecule has 2 heterocycles. The van der Waals surface area contributed by atoms with Crippen LogP contribution in [-0.2, 0) is 47.3 Å². The van der Waals surface area contributed by atoms with Gasteiger partial charge in [0.15, 0.2) is 0 Å². The standard InChI is InChI=1S/C56H62N2O6/c1-53(2,3)43-25-35-21-39-29-45(55(7,8)9)31-41(49(39)63-51(61)33-13-17-57-18-14-33)23-37-27-44(54(4,5)6)28-38(48(37)60)24-42-32-46(56(10,11)12)30-40(22-36(26-43)47(35)59)50(42)64-52(62)34-15-19-58-20-16-34/h13-20,25-32,59-60H,21-24H2,1-12H3. The van der Waals surface area contributed by atoms with Crippen molar-refractivity contribution in [2.24, 2.45) is 0 Å². The van der Waals surface area contributed by atoms with Gasteiger partial charge in [0.2, 0.25) is 0 Å². The van der Waals surface area contributed by atoms with E-state index >= 15 is 0 Å². The molecule has 0 radical (unpaired) electrons. The lowest BCUT2D eigenvalue weighted by molar-refractivity contribution is 0.0722. The Morgan fingerprint density at radius 3 is 0.844 bits per heavy atom. The summed E-state index contributed by atoms with van der Waals surface area (Å²) >= 11 is 0. The minimum absolute atomic E-state index is 0.112. The molecule has 1 aliphatic rings. The van der Waals surface area contributed by atoms with E-state index in [1.807, 2.05) is 24.3 Å². The number of carbonyl (C=O) groups is 2. The van der Waals surface area contributed by atoms with Gasteiger partial charge in [0.25, 0.3) is 0 Å². The highest BCUT2D eigenvalue weighted by Crippen LogP contribution is 2.44. The number of aromatic hydroxyl groups is 2. The molecule has 0 unspecified atom stereocenters. The largest absolute Gasteiger partial charge is 0.507 e. The van der Waals surface area contributed by atoms with Crippen molar-refractivity contribution in [1.29, 1.82) is 0 Å². The highest BCUT2D eigenvalue weighted by Gasteiger charge is 2.30. The third-order valence-corrected chi connectivity index (χ3v) is 12.2. The van der Waals surface area contributed by atoms with Gasteiger partial charge in [-0.05, 0) is 90.4 Å². The summed E-state index contributed by atoms with van der Waals surface area (Å²) in [5.74, 6) is -0.0759. The van der Waals surface area contributed by atoms with Gasteiger partial charge >= 0.3 is 11.9 Å². The maximum atomic E-state index is 14.1. The predicted molar refractivity (Wildman–Crippen MR) is 254 cm³/mol. The molecule has 2 aromatic heterocycles. The van der Waals surface area contributed by atoms with Crippen LogP contribution >= 0.6 is 0 Å². The fourth-order valence-corrected chi connectivity index (χ4v) is 8.19. The number of nitrogens with zero attached hydrogens (tertiary/aromatic N) is 2. The van der Waals surface area contributed by atoms with E-state index in [1.165, 1.54) is 0 Å². The number of hydrogen-bond donors (Lipinski definition) is 2. The monoisotopic (exact) mass is 858 g/mol. The number of hydrogen-bond acceptors (Lipinski definition) is 8. The number of phenolic OH excluding ortho intramolecular Hbond substituents is 2. The Bertz CT molecular complexity index is 2460. The first-order valence-corrected chi connectivity index (χ1v) is 22.1. The average Bonchev–Trinajstić information content (AvgIpc) is 3.21. The van der Waals surface area contributed by atoms with Gasteiger partial charge in [-0.3, -0.25) is 9.97 Å². The lowest BCUT2D eigenvalue weighted by Crippen LogP contribution is -2.18. The smallest absolute Gasteiger partial charge is 0.343 e. The van der Waals surface area contributed by atoms with E-state index < -0.39 is 11.9 Å². The van der Waals surface area contributed by atoms with E-state index in [4.69, 9.17) is 9.47 Å². The summed E-state index contributed by atoms with van der Waals surface area (Å²) in [5, 5.41) is 25.1. The summed E-state index contributed by atoms with van der Waals surface area (Å²) in [6.07, 6.45) is 7.17. The highest BCUT2D eigenvalue weighted by atomic mass is 16.5. The average molecular weight is 859 g/mol. The van der Waals surface area contributed by atoms with Gasteiger partial charge in [-0.25, -0.2) is 9.59 Å². The summed E-state index contributed by atoms with van der Waals surface area (Å²) in [6.45, 7) is 25.8. The Labute approximate surface area is 378 Å². The minimum atomic E-state index is -0.536. The molecule has 1 aliphatic carbocycles. The second-order valence-corrected chi connectivity index (χ2v) is 21.5. The van der Waals surface area contributed by atoms with Crippen molar-refractivity contribution in [1.82, 2.24) is 9.97 Å². The summed E-state index contributed by atoms with van der Waals surface area (Å²) in [7, 11) is 0. The first-order chi connectivity index (χ1) is 29.9. The summed E-state index contributed by atoms with van der Waals surface area (Å²) < 4.78 is 13.0. The van der Waals surface area contributed by atoms with Crippen LogP contribution in [0.3, 0.4) is 0 Å². The van der Waals surface area contributed by atoms with E-state index in [-0.39, 0.29) is 58.8 Å². The van der Waals surface area contributed by atoms with Crippen molar-refractivity contribution in [3.8, 4) is 23.0 Å². The Morgan fingerprint density at radius 2 is 0.625 bits per heavy atom. The van der Waals surface area contributed by atoms with Crippen molar-refractivity contribution in [3.63, 3.8) is 0 Å². The zero-order valence-corrected chi connectivity index (χ0v) is 39.5. The van der Waals surface area contributed by atoms with Gasteiger partial charge in [-0.2, -0.15) is 0 Å². The molecule has 0 aliphatic heterocycles. The maximum Gasteiger partial charge on any atom is 0.343 e. The first-order valence-electron chi connectivity index (χ1n) is 22.1. The fourth-order valence-electron chi connectivity index (χ4n) is 8.19. The van der Waals surface area contributed by atoms with Crippen molar-refractivity contribution in [3.05, 3.63) is 175 Å². The van der Waals surface area contributed by atoms with E-state index in [2.05, 4.69) is 117 Å². The molecule has 0 amide bonds. The molecule has 64 heavy (non-hydrogen) atoms. The molecule has 332 valence electrons. The summed E-state index contributed by atoms with van der Waals surface area (Å²) in [6, 6.07) is 23.0. The van der Waals surface area contributed by atoms with Crippen molar-refractivity contribution in [2.45, 2.75) is 130 Å². The molecule has 2 N–H and O–H groups in total. The Balaban J connectivity index is 1.58.